The summed E-state index contributed by atoms with van der Waals surface area (Å²) in [5.74, 6) is -0.701. The Labute approximate surface area is 152 Å². The summed E-state index contributed by atoms with van der Waals surface area (Å²) in [6.07, 6.45) is 1.33. The summed E-state index contributed by atoms with van der Waals surface area (Å²) in [4.78, 5) is 37.6. The summed E-state index contributed by atoms with van der Waals surface area (Å²) in [5.41, 5.74) is 0.840. The average Bonchev–Trinajstić information content (AvgIpc) is 3.11. The predicted octanol–water partition coefficient (Wildman–Crippen LogP) is 1.00. The monoisotopic (exact) mass is 363 g/mol. The van der Waals surface area contributed by atoms with Crippen LogP contribution < -0.4 is 15.4 Å². The zero-order valence-electron chi connectivity index (χ0n) is 15.0. The molecule has 8 heteroatoms. The first kappa shape index (κ1) is 19.6. The first-order chi connectivity index (χ1) is 12.5. The van der Waals surface area contributed by atoms with Crippen LogP contribution in [0.5, 0.6) is 5.75 Å². The lowest BCUT2D eigenvalue weighted by Gasteiger charge is -2.27. The van der Waals surface area contributed by atoms with Gasteiger partial charge in [0.15, 0.2) is 0 Å². The Morgan fingerprint density at radius 3 is 2.58 bits per heavy atom. The highest BCUT2D eigenvalue weighted by molar-refractivity contribution is 5.90. The van der Waals surface area contributed by atoms with Crippen LogP contribution in [0, 0.1) is 0 Å². The molecule has 1 aromatic rings. The second-order valence-corrected chi connectivity index (χ2v) is 6.14. The normalized spacial score (nSPS) is 17.5. The lowest BCUT2D eigenvalue weighted by atomic mass is 10.0. The molecule has 3 N–H and O–H groups in total. The first-order valence-electron chi connectivity index (χ1n) is 8.66. The fourth-order valence-electron chi connectivity index (χ4n) is 3.05. The standard InChI is InChI=1S/C18H25N3O5/c1-3-19-18(25)20-14(11-12-6-8-13(26-2)9-7-12)16(22)21-10-4-5-15(21)17(23)24/h6-9,14-15H,3-5,10-11H2,1-2H3,(H,23,24)(H2,19,20,25)/t14?,15-/m0/s1. The van der Waals surface area contributed by atoms with Crippen molar-refractivity contribution in [3.05, 3.63) is 29.8 Å². The molecule has 26 heavy (non-hydrogen) atoms. The summed E-state index contributed by atoms with van der Waals surface area (Å²) >= 11 is 0. The van der Waals surface area contributed by atoms with E-state index in [-0.39, 0.29) is 12.3 Å². The van der Waals surface area contributed by atoms with Crippen molar-refractivity contribution in [3.63, 3.8) is 0 Å². The van der Waals surface area contributed by atoms with Crippen molar-refractivity contribution < 1.29 is 24.2 Å². The fourth-order valence-corrected chi connectivity index (χ4v) is 3.05. The summed E-state index contributed by atoms with van der Waals surface area (Å²) in [6.45, 7) is 2.59. The molecule has 0 spiro atoms. The quantitative estimate of drug-likeness (QED) is 0.670. The summed E-state index contributed by atoms with van der Waals surface area (Å²) in [7, 11) is 1.57. The first-order valence-corrected chi connectivity index (χ1v) is 8.66. The third-order valence-corrected chi connectivity index (χ3v) is 4.36. The minimum atomic E-state index is -1.02. The van der Waals surface area contributed by atoms with Crippen molar-refractivity contribution in [2.75, 3.05) is 20.2 Å². The molecule has 0 bridgehead atoms. The Morgan fingerprint density at radius 1 is 1.31 bits per heavy atom. The number of aliphatic carboxylic acids is 1. The number of methoxy groups -OCH3 is 1. The molecule has 1 aliphatic rings. The van der Waals surface area contributed by atoms with Gasteiger partial charge in [-0.2, -0.15) is 0 Å². The maximum absolute atomic E-state index is 12.9. The minimum Gasteiger partial charge on any atom is -0.497 e. The molecule has 2 rings (SSSR count). The minimum absolute atomic E-state index is 0.267. The van der Waals surface area contributed by atoms with Crippen molar-refractivity contribution in [3.8, 4) is 5.75 Å². The summed E-state index contributed by atoms with van der Waals surface area (Å²) in [6, 6.07) is 5.06. The summed E-state index contributed by atoms with van der Waals surface area (Å²) < 4.78 is 5.12. The van der Waals surface area contributed by atoms with Crippen molar-refractivity contribution in [1.82, 2.24) is 15.5 Å². The highest BCUT2D eigenvalue weighted by atomic mass is 16.5. The number of carbonyl (C=O) groups is 3. The number of hydrogen-bond donors (Lipinski definition) is 3. The van der Waals surface area contributed by atoms with Crippen molar-refractivity contribution in [1.29, 1.82) is 0 Å². The highest BCUT2D eigenvalue weighted by Crippen LogP contribution is 2.20. The molecule has 0 aromatic heterocycles. The SMILES string of the molecule is CCNC(=O)NC(Cc1ccc(OC)cc1)C(=O)N1CCC[C@H]1C(=O)O. The van der Waals surface area contributed by atoms with Crippen LogP contribution in [-0.4, -0.2) is 60.2 Å². The van der Waals surface area contributed by atoms with Crippen LogP contribution in [0.25, 0.3) is 0 Å². The molecule has 2 atom stereocenters. The molecule has 1 saturated heterocycles. The largest absolute Gasteiger partial charge is 0.497 e. The molecule has 8 nitrogen and oxygen atoms in total. The number of amides is 3. The van der Waals surface area contributed by atoms with E-state index in [0.717, 1.165) is 5.56 Å². The van der Waals surface area contributed by atoms with Crippen LogP contribution in [0.3, 0.4) is 0 Å². The Balaban J connectivity index is 2.17. The Hall–Kier alpha value is -2.77. The fraction of sp³-hybridized carbons (Fsp3) is 0.500. The van der Waals surface area contributed by atoms with Crippen LogP contribution in [0.1, 0.15) is 25.3 Å². The van der Waals surface area contributed by atoms with E-state index in [9.17, 15) is 19.5 Å². The smallest absolute Gasteiger partial charge is 0.326 e. The number of nitrogens with one attached hydrogen (secondary N) is 2. The number of carboxylic acid groups (broad SMARTS) is 1. The molecule has 1 aliphatic heterocycles. The van der Waals surface area contributed by atoms with Gasteiger partial charge in [-0.25, -0.2) is 9.59 Å². The molecule has 1 unspecified atom stereocenters. The van der Waals surface area contributed by atoms with Gasteiger partial charge in [-0.05, 0) is 37.5 Å². The molecule has 1 fully saturated rings. The molecule has 1 heterocycles. The molecule has 0 radical (unpaired) electrons. The van der Waals surface area contributed by atoms with Crippen molar-refractivity contribution in [2.45, 2.75) is 38.3 Å². The average molecular weight is 363 g/mol. The number of benzene rings is 1. The number of hydrogen-bond acceptors (Lipinski definition) is 4. The molecule has 0 saturated carbocycles. The maximum Gasteiger partial charge on any atom is 0.326 e. The molecular formula is C18H25N3O5. The van der Waals surface area contributed by atoms with Crippen LogP contribution in [0.2, 0.25) is 0 Å². The van der Waals surface area contributed by atoms with Gasteiger partial charge in [0.2, 0.25) is 5.91 Å². The van der Waals surface area contributed by atoms with Gasteiger partial charge in [-0.3, -0.25) is 4.79 Å². The van der Waals surface area contributed by atoms with Gasteiger partial charge in [0, 0.05) is 19.5 Å². The van der Waals surface area contributed by atoms with Crippen LogP contribution in [-0.2, 0) is 16.0 Å². The van der Waals surface area contributed by atoms with E-state index >= 15 is 0 Å². The topological polar surface area (TPSA) is 108 Å². The van der Waals surface area contributed by atoms with E-state index < -0.39 is 24.1 Å². The number of carbonyl (C=O) groups excluding carboxylic acids is 2. The Morgan fingerprint density at radius 2 is 2.00 bits per heavy atom. The highest BCUT2D eigenvalue weighted by Gasteiger charge is 2.37. The maximum atomic E-state index is 12.9. The lowest BCUT2D eigenvalue weighted by molar-refractivity contribution is -0.148. The Bertz CT molecular complexity index is 647. The van der Waals surface area contributed by atoms with Gasteiger partial charge >= 0.3 is 12.0 Å². The van der Waals surface area contributed by atoms with E-state index in [1.165, 1.54) is 4.90 Å². The molecule has 142 valence electrons. The van der Waals surface area contributed by atoms with Crippen molar-refractivity contribution >= 4 is 17.9 Å². The van der Waals surface area contributed by atoms with E-state index in [0.29, 0.717) is 31.7 Å². The number of carboxylic acids is 1. The second-order valence-electron chi connectivity index (χ2n) is 6.14. The van der Waals surface area contributed by atoms with Gasteiger partial charge in [0.05, 0.1) is 7.11 Å². The lowest BCUT2D eigenvalue weighted by Crippen LogP contribution is -2.54. The van der Waals surface area contributed by atoms with Crippen LogP contribution in [0.4, 0.5) is 4.79 Å². The van der Waals surface area contributed by atoms with E-state index in [4.69, 9.17) is 4.74 Å². The number of rotatable bonds is 7. The number of nitrogens with zero attached hydrogens (tertiary/aromatic N) is 1. The molecule has 1 aromatic carbocycles. The third-order valence-electron chi connectivity index (χ3n) is 4.36. The van der Waals surface area contributed by atoms with Gasteiger partial charge in [-0.15, -0.1) is 0 Å². The number of ether oxygens (including phenoxy) is 1. The van der Waals surface area contributed by atoms with Gasteiger partial charge < -0.3 is 25.4 Å². The third kappa shape index (κ3) is 4.87. The van der Waals surface area contributed by atoms with Crippen LogP contribution in [0.15, 0.2) is 24.3 Å². The van der Waals surface area contributed by atoms with Gasteiger partial charge in [0.25, 0.3) is 0 Å². The zero-order chi connectivity index (χ0) is 19.1. The van der Waals surface area contributed by atoms with Crippen molar-refractivity contribution in [2.24, 2.45) is 0 Å². The molecule has 3 amide bonds. The number of urea groups is 1. The van der Waals surface area contributed by atoms with E-state index in [1.807, 2.05) is 12.1 Å². The molecule has 0 aliphatic carbocycles. The number of likely N-dealkylation sites (tertiary alicyclic amines) is 1. The predicted molar refractivity (Wildman–Crippen MR) is 95.1 cm³/mol. The van der Waals surface area contributed by atoms with E-state index in [2.05, 4.69) is 10.6 Å². The van der Waals surface area contributed by atoms with Gasteiger partial charge in [-0.1, -0.05) is 12.1 Å². The zero-order valence-corrected chi connectivity index (χ0v) is 15.0. The van der Waals surface area contributed by atoms with Gasteiger partial charge in [0.1, 0.15) is 17.8 Å². The molecular weight excluding hydrogens is 338 g/mol. The Kier molecular flexibility index (Phi) is 6.82. The van der Waals surface area contributed by atoms with E-state index in [1.54, 1.807) is 26.2 Å². The second kappa shape index (κ2) is 9.07. The summed E-state index contributed by atoms with van der Waals surface area (Å²) in [5, 5.41) is 14.6. The van der Waals surface area contributed by atoms with Crippen LogP contribution >= 0.6 is 0 Å².